The number of para-hydroxylation sites is 5. The second-order valence-corrected chi connectivity index (χ2v) is 8.93. The molecule has 0 fully saturated rings. The summed E-state index contributed by atoms with van der Waals surface area (Å²) in [5.74, 6) is 3.46. The van der Waals surface area contributed by atoms with Gasteiger partial charge in [0.1, 0.15) is 0 Å². The van der Waals surface area contributed by atoms with Crippen molar-refractivity contribution in [2.24, 2.45) is 0 Å². The minimum Gasteiger partial charge on any atom is -0.453 e. The molecule has 0 saturated carbocycles. The van der Waals surface area contributed by atoms with Crippen LogP contribution in [0.2, 0.25) is 0 Å². The van der Waals surface area contributed by atoms with Crippen molar-refractivity contribution in [3.63, 3.8) is 0 Å². The molecule has 5 nitrogen and oxygen atoms in total. The first-order chi connectivity index (χ1) is 18.8. The number of hydrogen-bond acceptors (Lipinski definition) is 5. The van der Waals surface area contributed by atoms with Crippen molar-refractivity contribution in [2.45, 2.75) is 0 Å². The van der Waals surface area contributed by atoms with E-state index in [1.165, 1.54) is 0 Å². The van der Waals surface area contributed by atoms with Crippen molar-refractivity contribution in [2.75, 3.05) is 4.90 Å². The summed E-state index contributed by atoms with van der Waals surface area (Å²) in [4.78, 5) is 17.1. The van der Waals surface area contributed by atoms with Crippen LogP contribution in [0, 0.1) is 0 Å². The SMILES string of the molecule is c1ccc(-c2nc(-c3ccccc3)nc(-c3ccccc3N3c4ccccc4Oc4ccccc43)n2)cc1. The first kappa shape index (κ1) is 21.9. The van der Waals surface area contributed by atoms with Gasteiger partial charge in [-0.25, -0.2) is 15.0 Å². The smallest absolute Gasteiger partial charge is 0.166 e. The summed E-state index contributed by atoms with van der Waals surface area (Å²) >= 11 is 0. The third-order valence-electron chi connectivity index (χ3n) is 6.52. The molecule has 1 aliphatic rings. The maximum atomic E-state index is 6.25. The van der Waals surface area contributed by atoms with Crippen LogP contribution in [-0.2, 0) is 0 Å². The Balaban J connectivity index is 1.46. The molecule has 7 rings (SSSR count). The summed E-state index contributed by atoms with van der Waals surface area (Å²) < 4.78 is 6.25. The van der Waals surface area contributed by atoms with Gasteiger partial charge in [0, 0.05) is 16.7 Å². The number of anilines is 3. The van der Waals surface area contributed by atoms with Gasteiger partial charge in [0.15, 0.2) is 29.0 Å². The Labute approximate surface area is 220 Å². The van der Waals surface area contributed by atoms with E-state index >= 15 is 0 Å². The largest absolute Gasteiger partial charge is 0.453 e. The van der Waals surface area contributed by atoms with Gasteiger partial charge in [-0.1, -0.05) is 97.1 Å². The van der Waals surface area contributed by atoms with Crippen LogP contribution in [0.15, 0.2) is 133 Å². The van der Waals surface area contributed by atoms with Crippen LogP contribution in [0.4, 0.5) is 17.1 Å². The van der Waals surface area contributed by atoms with Crippen molar-refractivity contribution >= 4 is 17.1 Å². The lowest BCUT2D eigenvalue weighted by molar-refractivity contribution is 0.477. The fraction of sp³-hybridized carbons (Fsp3) is 0. The van der Waals surface area contributed by atoms with Crippen LogP contribution in [0.25, 0.3) is 34.2 Å². The van der Waals surface area contributed by atoms with Gasteiger partial charge in [-0.2, -0.15) is 0 Å². The lowest BCUT2D eigenvalue weighted by Gasteiger charge is -2.33. The quantitative estimate of drug-likeness (QED) is 0.248. The number of aromatic nitrogens is 3. The zero-order valence-electron chi connectivity index (χ0n) is 20.4. The Morgan fingerprint density at radius 3 is 1.37 bits per heavy atom. The van der Waals surface area contributed by atoms with Crippen LogP contribution in [0.1, 0.15) is 0 Å². The van der Waals surface area contributed by atoms with Gasteiger partial charge in [0.05, 0.1) is 17.1 Å². The van der Waals surface area contributed by atoms with E-state index in [1.54, 1.807) is 0 Å². The van der Waals surface area contributed by atoms with E-state index in [0.29, 0.717) is 17.5 Å². The summed E-state index contributed by atoms with van der Waals surface area (Å²) in [7, 11) is 0. The maximum absolute atomic E-state index is 6.25. The number of ether oxygens (including phenoxy) is 1. The molecule has 0 amide bonds. The number of hydrogen-bond donors (Lipinski definition) is 0. The van der Waals surface area contributed by atoms with E-state index in [0.717, 1.165) is 45.3 Å². The van der Waals surface area contributed by atoms with Crippen LogP contribution in [-0.4, -0.2) is 15.0 Å². The molecule has 1 aliphatic heterocycles. The highest BCUT2D eigenvalue weighted by molar-refractivity contribution is 5.92. The predicted molar refractivity (Wildman–Crippen MR) is 151 cm³/mol. The van der Waals surface area contributed by atoms with Crippen LogP contribution in [0.5, 0.6) is 11.5 Å². The van der Waals surface area contributed by atoms with Crippen LogP contribution >= 0.6 is 0 Å². The molecular weight excluding hydrogens is 468 g/mol. The zero-order valence-corrected chi connectivity index (χ0v) is 20.4. The average molecular weight is 491 g/mol. The van der Waals surface area contributed by atoms with E-state index in [1.807, 2.05) is 109 Å². The minimum atomic E-state index is 0.606. The second-order valence-electron chi connectivity index (χ2n) is 8.93. The minimum absolute atomic E-state index is 0.606. The number of nitrogens with zero attached hydrogens (tertiary/aromatic N) is 4. The Morgan fingerprint density at radius 1 is 0.395 bits per heavy atom. The molecule has 0 aliphatic carbocycles. The lowest BCUT2D eigenvalue weighted by atomic mass is 10.1. The van der Waals surface area contributed by atoms with E-state index in [9.17, 15) is 0 Å². The molecule has 0 bridgehead atoms. The van der Waals surface area contributed by atoms with E-state index in [-0.39, 0.29) is 0 Å². The van der Waals surface area contributed by atoms with Crippen molar-refractivity contribution in [1.29, 1.82) is 0 Å². The summed E-state index contributed by atoms with van der Waals surface area (Å²) in [6.07, 6.45) is 0. The normalized spacial score (nSPS) is 11.8. The summed E-state index contributed by atoms with van der Waals surface area (Å²) in [6, 6.07) is 44.4. The molecule has 2 heterocycles. The molecule has 5 aromatic carbocycles. The summed E-state index contributed by atoms with van der Waals surface area (Å²) in [5.41, 5.74) is 5.65. The molecule has 5 heteroatoms. The first-order valence-electron chi connectivity index (χ1n) is 12.5. The zero-order chi connectivity index (χ0) is 25.3. The number of rotatable bonds is 4. The molecule has 6 aromatic rings. The van der Waals surface area contributed by atoms with Crippen LogP contribution < -0.4 is 9.64 Å². The Bertz CT molecular complexity index is 1650. The topological polar surface area (TPSA) is 51.1 Å². The van der Waals surface area contributed by atoms with Crippen molar-refractivity contribution in [3.05, 3.63) is 133 Å². The molecule has 180 valence electrons. The summed E-state index contributed by atoms with van der Waals surface area (Å²) in [6.45, 7) is 0. The van der Waals surface area contributed by atoms with Crippen molar-refractivity contribution < 1.29 is 4.74 Å². The third-order valence-corrected chi connectivity index (χ3v) is 6.52. The monoisotopic (exact) mass is 490 g/mol. The molecule has 0 saturated heterocycles. The van der Waals surface area contributed by atoms with Gasteiger partial charge >= 0.3 is 0 Å². The molecule has 0 radical (unpaired) electrons. The Hall–Kier alpha value is -5.29. The predicted octanol–water partition coefficient (Wildman–Crippen LogP) is 8.45. The highest BCUT2D eigenvalue weighted by Gasteiger charge is 2.28. The lowest BCUT2D eigenvalue weighted by Crippen LogP contribution is -2.16. The molecule has 1 aromatic heterocycles. The van der Waals surface area contributed by atoms with Crippen LogP contribution in [0.3, 0.4) is 0 Å². The fourth-order valence-corrected chi connectivity index (χ4v) is 4.75. The molecule has 0 spiro atoms. The summed E-state index contributed by atoms with van der Waals surface area (Å²) in [5, 5.41) is 0. The van der Waals surface area contributed by atoms with Gasteiger partial charge in [-0.3, -0.25) is 0 Å². The Kier molecular flexibility index (Phi) is 5.37. The van der Waals surface area contributed by atoms with Gasteiger partial charge < -0.3 is 9.64 Å². The molecular formula is C33H22N4O. The first-order valence-corrected chi connectivity index (χ1v) is 12.5. The Morgan fingerprint density at radius 2 is 0.816 bits per heavy atom. The van der Waals surface area contributed by atoms with Gasteiger partial charge in [-0.15, -0.1) is 0 Å². The van der Waals surface area contributed by atoms with Gasteiger partial charge in [0.25, 0.3) is 0 Å². The second kappa shape index (κ2) is 9.30. The highest BCUT2D eigenvalue weighted by atomic mass is 16.5. The van der Waals surface area contributed by atoms with Crippen molar-refractivity contribution in [3.8, 4) is 45.7 Å². The molecule has 0 N–H and O–H groups in total. The molecule has 38 heavy (non-hydrogen) atoms. The van der Waals surface area contributed by atoms with E-state index in [2.05, 4.69) is 29.2 Å². The maximum Gasteiger partial charge on any atom is 0.166 e. The number of fused-ring (bicyclic) bond motifs is 2. The average Bonchev–Trinajstić information content (AvgIpc) is 3.00. The third kappa shape index (κ3) is 3.87. The van der Waals surface area contributed by atoms with Gasteiger partial charge in [-0.05, 0) is 36.4 Å². The number of benzene rings is 5. The standard InChI is InChI=1S/C33H22N4O/c1-3-13-23(14-4-1)31-34-32(24-15-5-2-6-16-24)36-33(35-31)25-17-7-8-18-26(25)37-27-19-9-11-21-29(27)38-30-22-12-10-20-28(30)37/h1-22H. The fourth-order valence-electron chi connectivity index (χ4n) is 4.75. The van der Waals surface area contributed by atoms with Gasteiger partial charge in [0.2, 0.25) is 0 Å². The molecule has 0 unspecified atom stereocenters. The van der Waals surface area contributed by atoms with Crippen molar-refractivity contribution in [1.82, 2.24) is 15.0 Å². The van der Waals surface area contributed by atoms with E-state index < -0.39 is 0 Å². The van der Waals surface area contributed by atoms with E-state index in [4.69, 9.17) is 19.7 Å². The molecule has 0 atom stereocenters. The highest BCUT2D eigenvalue weighted by Crippen LogP contribution is 2.51.